The average molecular weight is 421 g/mol. The molecule has 0 aromatic heterocycles. The van der Waals surface area contributed by atoms with Crippen LogP contribution in [0.25, 0.3) is 0 Å². The lowest BCUT2D eigenvalue weighted by Crippen LogP contribution is -2.40. The van der Waals surface area contributed by atoms with E-state index in [1.165, 1.54) is 16.7 Å². The van der Waals surface area contributed by atoms with Gasteiger partial charge in [-0.25, -0.2) is 0 Å². The minimum absolute atomic E-state index is 0.262. The number of carbonyl (C=O) groups is 1. The Bertz CT molecular complexity index is 847. The first-order valence-electron chi connectivity index (χ1n) is 11.5. The van der Waals surface area contributed by atoms with Crippen LogP contribution >= 0.6 is 0 Å². The van der Waals surface area contributed by atoms with Crippen LogP contribution in [0.5, 0.6) is 0 Å². The van der Waals surface area contributed by atoms with Crippen molar-refractivity contribution in [1.29, 1.82) is 0 Å². The van der Waals surface area contributed by atoms with E-state index in [9.17, 15) is 4.79 Å². The third kappa shape index (κ3) is 7.12. The van der Waals surface area contributed by atoms with E-state index in [4.69, 9.17) is 4.99 Å². The van der Waals surface area contributed by atoms with E-state index in [1.54, 1.807) is 0 Å². The number of aliphatic imine (C=N–C) groups is 1. The number of guanidine groups is 1. The molecule has 1 amide bonds. The van der Waals surface area contributed by atoms with Gasteiger partial charge in [0, 0.05) is 51.0 Å². The van der Waals surface area contributed by atoms with Gasteiger partial charge < -0.3 is 15.5 Å². The maximum absolute atomic E-state index is 12.4. The van der Waals surface area contributed by atoms with Gasteiger partial charge in [-0.3, -0.25) is 9.79 Å². The van der Waals surface area contributed by atoms with Gasteiger partial charge in [-0.15, -0.1) is 0 Å². The molecule has 2 aromatic rings. The molecule has 1 aliphatic rings. The van der Waals surface area contributed by atoms with E-state index in [2.05, 4.69) is 79.9 Å². The van der Waals surface area contributed by atoms with Gasteiger partial charge in [0.25, 0.3) is 0 Å². The Morgan fingerprint density at radius 3 is 2.58 bits per heavy atom. The van der Waals surface area contributed by atoms with Crippen LogP contribution < -0.4 is 10.6 Å². The van der Waals surface area contributed by atoms with Crippen LogP contribution in [-0.4, -0.2) is 49.5 Å². The van der Waals surface area contributed by atoms with Crippen molar-refractivity contribution in [3.8, 4) is 0 Å². The highest BCUT2D eigenvalue weighted by molar-refractivity contribution is 5.81. The van der Waals surface area contributed by atoms with Crippen LogP contribution in [0.1, 0.15) is 42.9 Å². The van der Waals surface area contributed by atoms with Gasteiger partial charge in [0.05, 0.1) is 0 Å². The Kier molecular flexibility index (Phi) is 8.51. The summed E-state index contributed by atoms with van der Waals surface area (Å²) in [6.45, 7) is 10.3. The van der Waals surface area contributed by atoms with E-state index < -0.39 is 0 Å². The number of hydrogen-bond acceptors (Lipinski definition) is 2. The number of nitrogens with zero attached hydrogens (tertiary/aromatic N) is 2. The van der Waals surface area contributed by atoms with E-state index >= 15 is 0 Å². The highest BCUT2D eigenvalue weighted by Gasteiger charge is 2.29. The van der Waals surface area contributed by atoms with Crippen LogP contribution in [0, 0.1) is 12.8 Å². The summed E-state index contributed by atoms with van der Waals surface area (Å²) in [6, 6.07) is 19.0. The zero-order chi connectivity index (χ0) is 22.1. The zero-order valence-corrected chi connectivity index (χ0v) is 19.1. The molecule has 0 radical (unpaired) electrons. The monoisotopic (exact) mass is 420 g/mol. The van der Waals surface area contributed by atoms with Gasteiger partial charge in [-0.05, 0) is 31.4 Å². The number of benzene rings is 2. The van der Waals surface area contributed by atoms with Crippen LogP contribution in [0.15, 0.2) is 59.6 Å². The molecule has 1 aliphatic heterocycles. The lowest BCUT2D eigenvalue weighted by atomic mass is 10.0. The first kappa shape index (κ1) is 22.9. The third-order valence-corrected chi connectivity index (χ3v) is 5.88. The standard InChI is InChI=1S/C26H36N4O/c1-4-27-26(28-17-21(3)24-12-10-20(2)11-13-24)29-18-23-16-25(31)30(19-23)15-14-22-8-6-5-7-9-22/h5-13,21,23H,4,14-19H2,1-3H3,(H2,27,28,29). The Balaban J connectivity index is 1.47. The second kappa shape index (κ2) is 11.5. The molecule has 5 heteroatoms. The number of carbonyl (C=O) groups excluding carboxylic acids is 1. The van der Waals surface area contributed by atoms with Gasteiger partial charge in [0.1, 0.15) is 0 Å². The molecule has 1 saturated heterocycles. The lowest BCUT2D eigenvalue weighted by molar-refractivity contribution is -0.127. The quantitative estimate of drug-likeness (QED) is 0.480. The Morgan fingerprint density at radius 2 is 1.87 bits per heavy atom. The zero-order valence-electron chi connectivity index (χ0n) is 19.1. The molecule has 0 bridgehead atoms. The number of amides is 1. The fourth-order valence-electron chi connectivity index (χ4n) is 3.93. The molecule has 5 nitrogen and oxygen atoms in total. The van der Waals surface area contributed by atoms with Gasteiger partial charge in [-0.1, -0.05) is 67.1 Å². The number of aryl methyl sites for hydroxylation is 1. The lowest BCUT2D eigenvalue weighted by Gasteiger charge is -2.18. The van der Waals surface area contributed by atoms with E-state index in [0.717, 1.165) is 45.1 Å². The topological polar surface area (TPSA) is 56.7 Å². The Labute approximate surface area is 187 Å². The molecule has 1 fully saturated rings. The normalized spacial score (nSPS) is 17.6. The summed E-state index contributed by atoms with van der Waals surface area (Å²) in [5, 5.41) is 6.79. The van der Waals surface area contributed by atoms with Crippen molar-refractivity contribution in [2.75, 3.05) is 32.7 Å². The van der Waals surface area contributed by atoms with Crippen LogP contribution in [-0.2, 0) is 11.2 Å². The Hall–Kier alpha value is -2.82. The minimum Gasteiger partial charge on any atom is -0.357 e. The summed E-state index contributed by atoms with van der Waals surface area (Å²) in [4.78, 5) is 19.2. The predicted molar refractivity (Wildman–Crippen MR) is 128 cm³/mol. The maximum atomic E-state index is 12.4. The SMILES string of the molecule is CCNC(=NCC(C)c1ccc(C)cc1)NCC1CC(=O)N(CCc2ccccc2)C1. The number of likely N-dealkylation sites (tertiary alicyclic amines) is 1. The molecular formula is C26H36N4O. The molecule has 0 saturated carbocycles. The third-order valence-electron chi connectivity index (χ3n) is 5.88. The fraction of sp³-hybridized carbons (Fsp3) is 0.462. The van der Waals surface area contributed by atoms with Gasteiger partial charge in [0.2, 0.25) is 5.91 Å². The highest BCUT2D eigenvalue weighted by atomic mass is 16.2. The molecule has 0 spiro atoms. The van der Waals surface area contributed by atoms with E-state index in [-0.39, 0.29) is 5.91 Å². The molecule has 2 N–H and O–H groups in total. The second-order valence-corrected chi connectivity index (χ2v) is 8.56. The molecule has 2 aromatic carbocycles. The van der Waals surface area contributed by atoms with Crippen molar-refractivity contribution in [1.82, 2.24) is 15.5 Å². The summed E-state index contributed by atoms with van der Waals surface area (Å²) in [5.74, 6) is 1.77. The number of nitrogens with one attached hydrogen (secondary N) is 2. The molecule has 0 aliphatic carbocycles. The van der Waals surface area contributed by atoms with Gasteiger partial charge in [0.15, 0.2) is 5.96 Å². The van der Waals surface area contributed by atoms with Crippen molar-refractivity contribution in [2.24, 2.45) is 10.9 Å². The Morgan fingerprint density at radius 1 is 1.13 bits per heavy atom. The summed E-state index contributed by atoms with van der Waals surface area (Å²) in [7, 11) is 0. The van der Waals surface area contributed by atoms with Crippen molar-refractivity contribution >= 4 is 11.9 Å². The van der Waals surface area contributed by atoms with Crippen molar-refractivity contribution in [3.05, 3.63) is 71.3 Å². The summed E-state index contributed by atoms with van der Waals surface area (Å²) >= 11 is 0. The molecule has 2 unspecified atom stereocenters. The highest BCUT2D eigenvalue weighted by Crippen LogP contribution is 2.18. The molecule has 1 heterocycles. The fourth-order valence-corrected chi connectivity index (χ4v) is 3.93. The summed E-state index contributed by atoms with van der Waals surface area (Å²) < 4.78 is 0. The van der Waals surface area contributed by atoms with E-state index in [1.807, 2.05) is 11.0 Å². The van der Waals surface area contributed by atoms with Crippen LogP contribution in [0.2, 0.25) is 0 Å². The van der Waals surface area contributed by atoms with Crippen molar-refractivity contribution in [3.63, 3.8) is 0 Å². The molecule has 2 atom stereocenters. The first-order chi connectivity index (χ1) is 15.0. The first-order valence-corrected chi connectivity index (χ1v) is 11.5. The van der Waals surface area contributed by atoms with Crippen molar-refractivity contribution in [2.45, 2.75) is 39.5 Å². The molecule has 3 rings (SSSR count). The van der Waals surface area contributed by atoms with Crippen LogP contribution in [0.4, 0.5) is 0 Å². The smallest absolute Gasteiger partial charge is 0.223 e. The number of rotatable bonds is 9. The summed E-state index contributed by atoms with van der Waals surface area (Å²) in [5.41, 5.74) is 3.86. The van der Waals surface area contributed by atoms with Gasteiger partial charge >= 0.3 is 0 Å². The maximum Gasteiger partial charge on any atom is 0.223 e. The molecule has 31 heavy (non-hydrogen) atoms. The average Bonchev–Trinajstić information content (AvgIpc) is 3.14. The largest absolute Gasteiger partial charge is 0.357 e. The number of hydrogen-bond donors (Lipinski definition) is 2. The summed E-state index contributed by atoms with van der Waals surface area (Å²) in [6.07, 6.45) is 1.52. The van der Waals surface area contributed by atoms with Gasteiger partial charge in [-0.2, -0.15) is 0 Å². The minimum atomic E-state index is 0.262. The van der Waals surface area contributed by atoms with E-state index in [0.29, 0.717) is 18.3 Å². The molecule has 166 valence electrons. The van der Waals surface area contributed by atoms with Crippen LogP contribution in [0.3, 0.4) is 0 Å². The second-order valence-electron chi connectivity index (χ2n) is 8.56. The van der Waals surface area contributed by atoms with Crippen molar-refractivity contribution < 1.29 is 4.79 Å². The predicted octanol–water partition coefficient (Wildman–Crippen LogP) is 3.74. The molecular weight excluding hydrogens is 384 g/mol.